The van der Waals surface area contributed by atoms with Crippen LogP contribution in [0.3, 0.4) is 0 Å². The molecule has 0 aliphatic carbocycles. The Kier molecular flexibility index (Phi) is 6.00. The lowest BCUT2D eigenvalue weighted by Gasteiger charge is -2.24. The summed E-state index contributed by atoms with van der Waals surface area (Å²) in [6.07, 6.45) is 1.79. The lowest BCUT2D eigenvalue weighted by molar-refractivity contribution is 0.430. The Morgan fingerprint density at radius 1 is 0.778 bits per heavy atom. The van der Waals surface area contributed by atoms with Crippen molar-refractivity contribution in [3.05, 3.63) is 106 Å². The van der Waals surface area contributed by atoms with Crippen molar-refractivity contribution in [2.75, 3.05) is 0 Å². The molecular formula is C24H23F3. The first kappa shape index (κ1) is 19.2. The molecule has 3 aromatic rings. The number of benzene rings is 3. The van der Waals surface area contributed by atoms with E-state index in [9.17, 15) is 13.2 Å². The van der Waals surface area contributed by atoms with Gasteiger partial charge in [-0.25, -0.2) is 13.2 Å². The van der Waals surface area contributed by atoms with Gasteiger partial charge in [-0.15, -0.1) is 0 Å². The molecule has 0 N–H and O–H groups in total. The van der Waals surface area contributed by atoms with Crippen molar-refractivity contribution in [1.29, 1.82) is 0 Å². The molecule has 0 nitrogen and oxygen atoms in total. The Morgan fingerprint density at radius 2 is 1.37 bits per heavy atom. The van der Waals surface area contributed by atoms with Gasteiger partial charge < -0.3 is 0 Å². The Labute approximate surface area is 158 Å². The molecule has 0 aliphatic heterocycles. The van der Waals surface area contributed by atoms with Crippen molar-refractivity contribution in [2.24, 2.45) is 0 Å². The van der Waals surface area contributed by atoms with Crippen LogP contribution >= 0.6 is 0 Å². The fraction of sp³-hybridized carbons (Fsp3) is 0.250. The van der Waals surface area contributed by atoms with E-state index >= 15 is 0 Å². The molecule has 0 saturated heterocycles. The third kappa shape index (κ3) is 3.92. The molecule has 3 heteroatoms. The first-order valence-electron chi connectivity index (χ1n) is 9.29. The Morgan fingerprint density at radius 3 is 1.96 bits per heavy atom. The van der Waals surface area contributed by atoms with E-state index in [1.54, 1.807) is 0 Å². The van der Waals surface area contributed by atoms with Gasteiger partial charge in [0.25, 0.3) is 0 Å². The van der Waals surface area contributed by atoms with E-state index in [1.807, 2.05) is 67.6 Å². The molecule has 1 unspecified atom stereocenters. The molecule has 140 valence electrons. The summed E-state index contributed by atoms with van der Waals surface area (Å²) < 4.78 is 43.3. The van der Waals surface area contributed by atoms with Crippen LogP contribution < -0.4 is 0 Å². The number of aryl methyl sites for hydroxylation is 1. The molecule has 0 bridgehead atoms. The summed E-state index contributed by atoms with van der Waals surface area (Å²) >= 11 is 0. The van der Waals surface area contributed by atoms with Gasteiger partial charge >= 0.3 is 0 Å². The zero-order valence-electron chi connectivity index (χ0n) is 15.6. The lowest BCUT2D eigenvalue weighted by atomic mass is 9.81. The quantitative estimate of drug-likeness (QED) is 0.423. The molecule has 0 amide bonds. The summed E-state index contributed by atoms with van der Waals surface area (Å²) in [7, 11) is 0. The highest BCUT2D eigenvalue weighted by Gasteiger charge is 2.28. The summed E-state index contributed by atoms with van der Waals surface area (Å²) in [4.78, 5) is 0. The van der Waals surface area contributed by atoms with Crippen molar-refractivity contribution in [3.8, 4) is 0 Å². The monoisotopic (exact) mass is 368 g/mol. The van der Waals surface area contributed by atoms with Gasteiger partial charge in [0.05, 0.1) is 0 Å². The predicted octanol–water partition coefficient (Wildman–Crippen LogP) is 6.74. The van der Waals surface area contributed by atoms with Crippen molar-refractivity contribution < 1.29 is 13.2 Å². The molecular weight excluding hydrogens is 345 g/mol. The zero-order chi connectivity index (χ0) is 19.4. The summed E-state index contributed by atoms with van der Waals surface area (Å²) in [5.41, 5.74) is 3.10. The van der Waals surface area contributed by atoms with Gasteiger partial charge in [-0.2, -0.15) is 0 Å². The van der Waals surface area contributed by atoms with Crippen LogP contribution in [0, 0.1) is 24.4 Å². The maximum absolute atomic E-state index is 14.9. The highest BCUT2D eigenvalue weighted by atomic mass is 19.2. The van der Waals surface area contributed by atoms with E-state index in [0.29, 0.717) is 18.4 Å². The van der Waals surface area contributed by atoms with Crippen molar-refractivity contribution in [2.45, 2.75) is 39.0 Å². The number of halogens is 3. The molecule has 1 atom stereocenters. The molecule has 3 aromatic carbocycles. The Balaban J connectivity index is 2.11. The van der Waals surface area contributed by atoms with Crippen molar-refractivity contribution in [1.82, 2.24) is 0 Å². The van der Waals surface area contributed by atoms with Gasteiger partial charge in [-0.3, -0.25) is 0 Å². The maximum Gasteiger partial charge on any atom is 0.194 e. The van der Waals surface area contributed by atoms with Gasteiger partial charge in [-0.1, -0.05) is 67.6 Å². The highest BCUT2D eigenvalue weighted by molar-refractivity contribution is 5.44. The van der Waals surface area contributed by atoms with Crippen LogP contribution in [0.4, 0.5) is 13.2 Å². The third-order valence-corrected chi connectivity index (χ3v) is 5.20. The SMILES string of the molecule is CCc1c(C)c(F)c(F)c(F)c1C(CCc1ccccc1)c1ccccc1. The van der Waals surface area contributed by atoms with Crippen LogP contribution in [-0.4, -0.2) is 0 Å². The smallest absolute Gasteiger partial charge is 0.194 e. The molecule has 0 spiro atoms. The van der Waals surface area contributed by atoms with Crippen LogP contribution in [0.15, 0.2) is 60.7 Å². The van der Waals surface area contributed by atoms with Crippen molar-refractivity contribution in [3.63, 3.8) is 0 Å². The van der Waals surface area contributed by atoms with Gasteiger partial charge in [-0.05, 0) is 48.4 Å². The molecule has 0 fully saturated rings. The normalized spacial score (nSPS) is 12.2. The summed E-state index contributed by atoms with van der Waals surface area (Å²) in [5.74, 6) is -3.85. The first-order chi connectivity index (χ1) is 13.0. The molecule has 27 heavy (non-hydrogen) atoms. The molecule has 0 radical (unpaired) electrons. The second kappa shape index (κ2) is 8.43. The summed E-state index contributed by atoms with van der Waals surface area (Å²) in [5, 5.41) is 0. The van der Waals surface area contributed by atoms with E-state index in [4.69, 9.17) is 0 Å². The highest BCUT2D eigenvalue weighted by Crippen LogP contribution is 2.37. The van der Waals surface area contributed by atoms with E-state index in [-0.39, 0.29) is 17.0 Å². The fourth-order valence-electron chi connectivity index (χ4n) is 3.78. The topological polar surface area (TPSA) is 0 Å². The van der Waals surface area contributed by atoms with E-state index in [1.165, 1.54) is 6.92 Å². The van der Waals surface area contributed by atoms with Gasteiger partial charge in [0.15, 0.2) is 17.5 Å². The standard InChI is InChI=1S/C24H23F3/c1-3-19-16(2)22(25)24(27)23(26)21(19)20(18-12-8-5-9-13-18)15-14-17-10-6-4-7-11-17/h4-13,20H,3,14-15H2,1-2H3. The van der Waals surface area contributed by atoms with E-state index < -0.39 is 17.5 Å². The zero-order valence-corrected chi connectivity index (χ0v) is 15.6. The molecule has 0 aromatic heterocycles. The second-order valence-electron chi connectivity index (χ2n) is 6.80. The third-order valence-electron chi connectivity index (χ3n) is 5.20. The van der Waals surface area contributed by atoms with Crippen LogP contribution in [0.5, 0.6) is 0 Å². The lowest BCUT2D eigenvalue weighted by Crippen LogP contribution is -2.14. The predicted molar refractivity (Wildman–Crippen MR) is 103 cm³/mol. The first-order valence-corrected chi connectivity index (χ1v) is 9.29. The molecule has 3 rings (SSSR count). The largest absolute Gasteiger partial charge is 0.203 e. The van der Waals surface area contributed by atoms with Crippen molar-refractivity contribution >= 4 is 0 Å². The van der Waals surface area contributed by atoms with E-state index in [2.05, 4.69) is 0 Å². The molecule has 0 aliphatic rings. The summed E-state index contributed by atoms with van der Waals surface area (Å²) in [6, 6.07) is 19.4. The number of hydrogen-bond donors (Lipinski definition) is 0. The van der Waals surface area contributed by atoms with Crippen LogP contribution in [0.1, 0.15) is 47.1 Å². The van der Waals surface area contributed by atoms with Gasteiger partial charge in [0.2, 0.25) is 0 Å². The van der Waals surface area contributed by atoms with Gasteiger partial charge in [0, 0.05) is 11.5 Å². The molecule has 0 heterocycles. The minimum absolute atomic E-state index is 0.201. The minimum atomic E-state index is -1.37. The van der Waals surface area contributed by atoms with E-state index in [0.717, 1.165) is 17.5 Å². The Bertz CT molecular complexity index is 902. The van der Waals surface area contributed by atoms with Crippen LogP contribution in [0.25, 0.3) is 0 Å². The minimum Gasteiger partial charge on any atom is -0.203 e. The van der Waals surface area contributed by atoms with Crippen LogP contribution in [-0.2, 0) is 12.8 Å². The molecule has 0 saturated carbocycles. The number of rotatable bonds is 6. The maximum atomic E-state index is 14.9. The number of hydrogen-bond acceptors (Lipinski definition) is 0. The fourth-order valence-corrected chi connectivity index (χ4v) is 3.78. The average molecular weight is 368 g/mol. The summed E-state index contributed by atoms with van der Waals surface area (Å²) in [6.45, 7) is 3.38. The Hall–Kier alpha value is -2.55. The van der Waals surface area contributed by atoms with Crippen LogP contribution in [0.2, 0.25) is 0 Å². The van der Waals surface area contributed by atoms with Gasteiger partial charge in [0.1, 0.15) is 0 Å². The average Bonchev–Trinajstić information content (AvgIpc) is 2.72. The second-order valence-corrected chi connectivity index (χ2v) is 6.80.